The molecule has 1 aromatic rings. The zero-order chi connectivity index (χ0) is 14.8. The number of hydrogen-bond donors (Lipinski definition) is 2. The molecular formula is C15H18N2O3. The van der Waals surface area contributed by atoms with Gasteiger partial charge in [0, 0.05) is 19.8 Å². The SMILES string of the molecule is COCC(CCO)NC(=O)/C=C/c1cccc(C#N)c1. The molecule has 0 saturated heterocycles. The maximum atomic E-state index is 11.7. The molecule has 1 amide bonds. The third-order valence-corrected chi connectivity index (χ3v) is 2.63. The number of carbonyl (C=O) groups is 1. The maximum absolute atomic E-state index is 11.7. The Kier molecular flexibility index (Phi) is 7.04. The van der Waals surface area contributed by atoms with Gasteiger partial charge in [0.25, 0.3) is 0 Å². The number of aliphatic hydroxyl groups is 1. The molecule has 0 radical (unpaired) electrons. The highest BCUT2D eigenvalue weighted by Crippen LogP contribution is 2.06. The Morgan fingerprint density at radius 2 is 2.40 bits per heavy atom. The predicted molar refractivity (Wildman–Crippen MR) is 75.7 cm³/mol. The van der Waals surface area contributed by atoms with Gasteiger partial charge in [0.1, 0.15) is 0 Å². The molecule has 2 N–H and O–H groups in total. The molecule has 0 fully saturated rings. The fraction of sp³-hybridized carbons (Fsp3) is 0.333. The number of nitriles is 1. The van der Waals surface area contributed by atoms with Crippen LogP contribution in [-0.4, -0.2) is 37.4 Å². The van der Waals surface area contributed by atoms with Crippen molar-refractivity contribution in [3.05, 3.63) is 41.5 Å². The lowest BCUT2D eigenvalue weighted by atomic mass is 10.1. The molecule has 0 aromatic heterocycles. The number of carbonyl (C=O) groups excluding carboxylic acids is 1. The number of aliphatic hydroxyl groups excluding tert-OH is 1. The van der Waals surface area contributed by atoms with E-state index in [1.165, 1.54) is 6.08 Å². The summed E-state index contributed by atoms with van der Waals surface area (Å²) >= 11 is 0. The van der Waals surface area contributed by atoms with Crippen LogP contribution in [0.3, 0.4) is 0 Å². The summed E-state index contributed by atoms with van der Waals surface area (Å²) < 4.78 is 4.96. The van der Waals surface area contributed by atoms with Crippen molar-refractivity contribution in [2.24, 2.45) is 0 Å². The highest BCUT2D eigenvalue weighted by molar-refractivity contribution is 5.91. The summed E-state index contributed by atoms with van der Waals surface area (Å²) in [6.07, 6.45) is 3.48. The Bertz CT molecular complexity index is 500. The van der Waals surface area contributed by atoms with E-state index in [4.69, 9.17) is 15.1 Å². The molecule has 5 nitrogen and oxygen atoms in total. The van der Waals surface area contributed by atoms with Crippen LogP contribution in [0.2, 0.25) is 0 Å². The van der Waals surface area contributed by atoms with Crippen LogP contribution in [-0.2, 0) is 9.53 Å². The van der Waals surface area contributed by atoms with E-state index in [1.807, 2.05) is 12.1 Å². The Morgan fingerprint density at radius 3 is 3.05 bits per heavy atom. The maximum Gasteiger partial charge on any atom is 0.244 e. The van der Waals surface area contributed by atoms with Gasteiger partial charge in [-0.3, -0.25) is 4.79 Å². The van der Waals surface area contributed by atoms with Crippen molar-refractivity contribution in [2.45, 2.75) is 12.5 Å². The van der Waals surface area contributed by atoms with Crippen LogP contribution in [0.5, 0.6) is 0 Å². The van der Waals surface area contributed by atoms with Crippen molar-refractivity contribution in [1.29, 1.82) is 5.26 Å². The molecule has 1 unspecified atom stereocenters. The van der Waals surface area contributed by atoms with Gasteiger partial charge in [-0.15, -0.1) is 0 Å². The third-order valence-electron chi connectivity index (χ3n) is 2.63. The number of rotatable bonds is 7. The molecular weight excluding hydrogens is 256 g/mol. The highest BCUT2D eigenvalue weighted by atomic mass is 16.5. The number of nitrogens with one attached hydrogen (secondary N) is 1. The van der Waals surface area contributed by atoms with E-state index in [0.717, 1.165) is 5.56 Å². The smallest absolute Gasteiger partial charge is 0.244 e. The van der Waals surface area contributed by atoms with Crippen molar-refractivity contribution in [3.8, 4) is 6.07 Å². The van der Waals surface area contributed by atoms with Crippen molar-refractivity contribution < 1.29 is 14.6 Å². The molecule has 1 atom stereocenters. The summed E-state index contributed by atoms with van der Waals surface area (Å²) in [6, 6.07) is 8.80. The van der Waals surface area contributed by atoms with Crippen LogP contribution < -0.4 is 5.32 Å². The molecule has 0 bridgehead atoms. The molecule has 0 aliphatic carbocycles. The minimum absolute atomic E-state index is 0.0117. The zero-order valence-corrected chi connectivity index (χ0v) is 11.4. The van der Waals surface area contributed by atoms with Crippen LogP contribution in [0.1, 0.15) is 17.5 Å². The Morgan fingerprint density at radius 1 is 1.60 bits per heavy atom. The number of ether oxygens (including phenoxy) is 1. The lowest BCUT2D eigenvalue weighted by Gasteiger charge is -2.15. The monoisotopic (exact) mass is 274 g/mol. The summed E-state index contributed by atoms with van der Waals surface area (Å²) in [5.41, 5.74) is 1.33. The van der Waals surface area contributed by atoms with Crippen LogP contribution in [0.15, 0.2) is 30.3 Å². The van der Waals surface area contributed by atoms with Gasteiger partial charge >= 0.3 is 0 Å². The van der Waals surface area contributed by atoms with Crippen LogP contribution in [0.4, 0.5) is 0 Å². The summed E-state index contributed by atoms with van der Waals surface area (Å²) in [4.78, 5) is 11.7. The summed E-state index contributed by atoms with van der Waals surface area (Å²) in [5, 5.41) is 20.4. The minimum atomic E-state index is -0.261. The van der Waals surface area contributed by atoms with Crippen molar-refractivity contribution in [2.75, 3.05) is 20.3 Å². The molecule has 1 aromatic carbocycles. The van der Waals surface area contributed by atoms with Gasteiger partial charge in [-0.2, -0.15) is 5.26 Å². The van der Waals surface area contributed by atoms with Crippen molar-refractivity contribution in [1.82, 2.24) is 5.32 Å². The summed E-state index contributed by atoms with van der Waals surface area (Å²) in [5.74, 6) is -0.261. The van der Waals surface area contributed by atoms with E-state index in [2.05, 4.69) is 5.32 Å². The first kappa shape index (κ1) is 15.9. The van der Waals surface area contributed by atoms with E-state index in [1.54, 1.807) is 31.4 Å². The van der Waals surface area contributed by atoms with Gasteiger partial charge in [0.05, 0.1) is 24.3 Å². The molecule has 0 heterocycles. The molecule has 0 aliphatic rings. The molecule has 0 spiro atoms. The van der Waals surface area contributed by atoms with E-state index < -0.39 is 0 Å². The Labute approximate surface area is 118 Å². The standard InChI is InChI=1S/C15H18N2O3/c1-20-11-14(7-8-18)17-15(19)6-5-12-3-2-4-13(9-12)10-16/h2-6,9,14,18H,7-8,11H2,1H3,(H,17,19)/b6-5+. The largest absolute Gasteiger partial charge is 0.396 e. The first-order chi connectivity index (χ1) is 9.69. The minimum Gasteiger partial charge on any atom is -0.396 e. The van der Waals surface area contributed by atoms with E-state index in [0.29, 0.717) is 18.6 Å². The van der Waals surface area contributed by atoms with E-state index in [-0.39, 0.29) is 18.6 Å². The van der Waals surface area contributed by atoms with Gasteiger partial charge in [-0.1, -0.05) is 12.1 Å². The molecule has 1 rings (SSSR count). The molecule has 20 heavy (non-hydrogen) atoms. The fourth-order valence-corrected chi connectivity index (χ4v) is 1.69. The molecule has 0 aliphatic heterocycles. The molecule has 5 heteroatoms. The van der Waals surface area contributed by atoms with Gasteiger partial charge in [0.15, 0.2) is 0 Å². The Hall–Kier alpha value is -2.16. The van der Waals surface area contributed by atoms with E-state index >= 15 is 0 Å². The van der Waals surface area contributed by atoms with Crippen LogP contribution in [0, 0.1) is 11.3 Å². The van der Waals surface area contributed by atoms with Crippen molar-refractivity contribution >= 4 is 12.0 Å². The topological polar surface area (TPSA) is 82.3 Å². The number of hydrogen-bond acceptors (Lipinski definition) is 4. The number of nitrogens with zero attached hydrogens (tertiary/aromatic N) is 1. The third kappa shape index (κ3) is 5.65. The molecule has 0 saturated carbocycles. The zero-order valence-electron chi connectivity index (χ0n) is 11.4. The normalized spacial score (nSPS) is 12.1. The van der Waals surface area contributed by atoms with Crippen molar-refractivity contribution in [3.63, 3.8) is 0 Å². The van der Waals surface area contributed by atoms with Gasteiger partial charge < -0.3 is 15.2 Å². The first-order valence-electron chi connectivity index (χ1n) is 6.28. The van der Waals surface area contributed by atoms with Gasteiger partial charge in [-0.25, -0.2) is 0 Å². The lowest BCUT2D eigenvalue weighted by Crippen LogP contribution is -2.37. The fourth-order valence-electron chi connectivity index (χ4n) is 1.69. The lowest BCUT2D eigenvalue weighted by molar-refractivity contribution is -0.117. The second-order valence-corrected chi connectivity index (χ2v) is 4.24. The number of benzene rings is 1. The second-order valence-electron chi connectivity index (χ2n) is 4.24. The summed E-state index contributed by atoms with van der Waals surface area (Å²) in [7, 11) is 1.54. The Balaban J connectivity index is 2.60. The molecule has 106 valence electrons. The predicted octanol–water partition coefficient (Wildman–Crippen LogP) is 1.09. The van der Waals surface area contributed by atoms with Gasteiger partial charge in [0.2, 0.25) is 5.91 Å². The average molecular weight is 274 g/mol. The number of methoxy groups -OCH3 is 1. The van der Waals surface area contributed by atoms with E-state index in [9.17, 15) is 4.79 Å². The quantitative estimate of drug-likeness (QED) is 0.729. The second kappa shape index (κ2) is 8.86. The van der Waals surface area contributed by atoms with Crippen LogP contribution in [0.25, 0.3) is 6.08 Å². The number of amides is 1. The summed E-state index contributed by atoms with van der Waals surface area (Å²) in [6.45, 7) is 0.340. The average Bonchev–Trinajstić information content (AvgIpc) is 2.46. The van der Waals surface area contributed by atoms with Crippen LogP contribution >= 0.6 is 0 Å². The van der Waals surface area contributed by atoms with Gasteiger partial charge in [-0.05, 0) is 30.2 Å². The highest BCUT2D eigenvalue weighted by Gasteiger charge is 2.09. The first-order valence-corrected chi connectivity index (χ1v) is 6.28.